The average Bonchev–Trinajstić information content (AvgIpc) is 2.70. The molecule has 2 rings (SSSR count). The zero-order chi connectivity index (χ0) is 21.4. The molecule has 158 valence electrons. The van der Waals surface area contributed by atoms with Crippen molar-refractivity contribution < 1.29 is 13.2 Å². The minimum absolute atomic E-state index is 0.00412. The second-order valence-corrected chi connectivity index (χ2v) is 9.22. The molecule has 6 heteroatoms. The van der Waals surface area contributed by atoms with Gasteiger partial charge in [-0.2, -0.15) is 4.31 Å². The van der Waals surface area contributed by atoms with Gasteiger partial charge in [0, 0.05) is 19.5 Å². The van der Waals surface area contributed by atoms with Crippen molar-refractivity contribution in [3.63, 3.8) is 0 Å². The Morgan fingerprint density at radius 1 is 1.00 bits per heavy atom. The molecule has 0 spiro atoms. The summed E-state index contributed by atoms with van der Waals surface area (Å²) >= 11 is 0. The Hall–Kier alpha value is -2.18. The summed E-state index contributed by atoms with van der Waals surface area (Å²) in [5, 5.41) is 3.00. The molecule has 0 radical (unpaired) electrons. The van der Waals surface area contributed by atoms with Crippen LogP contribution in [0.4, 0.5) is 0 Å². The van der Waals surface area contributed by atoms with Gasteiger partial charge in [-0.1, -0.05) is 55.8 Å². The zero-order valence-corrected chi connectivity index (χ0v) is 18.6. The van der Waals surface area contributed by atoms with Crippen LogP contribution in [0.3, 0.4) is 0 Å². The van der Waals surface area contributed by atoms with Gasteiger partial charge in [-0.15, -0.1) is 0 Å². The average molecular weight is 417 g/mol. The van der Waals surface area contributed by atoms with Gasteiger partial charge >= 0.3 is 0 Å². The van der Waals surface area contributed by atoms with Gasteiger partial charge in [-0.05, 0) is 49.9 Å². The molecule has 0 aliphatic heterocycles. The molecule has 0 fully saturated rings. The Labute approximate surface area is 175 Å². The highest BCUT2D eigenvalue weighted by atomic mass is 32.2. The lowest BCUT2D eigenvalue weighted by atomic mass is 10.1. The Bertz CT molecular complexity index is 887. The number of amides is 1. The van der Waals surface area contributed by atoms with Crippen molar-refractivity contribution in [2.45, 2.75) is 57.9 Å². The molecular formula is C23H32N2O3S. The van der Waals surface area contributed by atoms with Gasteiger partial charge in [0.25, 0.3) is 0 Å². The SMILES string of the molecule is CCN(CC)S(=O)(=O)c1ccc(C(C)NC(=O)CCCc2ccc(C)cc2)cc1. The topological polar surface area (TPSA) is 66.5 Å². The van der Waals surface area contributed by atoms with E-state index in [2.05, 4.69) is 36.5 Å². The summed E-state index contributed by atoms with van der Waals surface area (Å²) in [6, 6.07) is 15.0. The summed E-state index contributed by atoms with van der Waals surface area (Å²) < 4.78 is 26.6. The van der Waals surface area contributed by atoms with Crippen LogP contribution in [0.25, 0.3) is 0 Å². The van der Waals surface area contributed by atoms with Crippen molar-refractivity contribution >= 4 is 15.9 Å². The Morgan fingerprint density at radius 2 is 1.59 bits per heavy atom. The largest absolute Gasteiger partial charge is 0.350 e. The number of nitrogens with zero attached hydrogens (tertiary/aromatic N) is 1. The quantitative estimate of drug-likeness (QED) is 0.630. The normalized spacial score (nSPS) is 12.7. The highest BCUT2D eigenvalue weighted by Crippen LogP contribution is 2.19. The van der Waals surface area contributed by atoms with E-state index < -0.39 is 10.0 Å². The standard InChI is InChI=1S/C23H32N2O3S/c1-5-25(6-2)29(27,28)22-16-14-21(15-17-22)19(4)24-23(26)9-7-8-20-12-10-18(3)11-13-20/h10-17,19H,5-9H2,1-4H3,(H,24,26). The minimum Gasteiger partial charge on any atom is -0.350 e. The lowest BCUT2D eigenvalue weighted by Crippen LogP contribution is -2.30. The lowest BCUT2D eigenvalue weighted by Gasteiger charge is -2.19. The number of aryl methyl sites for hydroxylation is 2. The maximum atomic E-state index is 12.6. The van der Waals surface area contributed by atoms with Crippen molar-refractivity contribution in [2.24, 2.45) is 0 Å². The van der Waals surface area contributed by atoms with E-state index in [0.717, 1.165) is 18.4 Å². The van der Waals surface area contributed by atoms with Crippen LogP contribution in [-0.2, 0) is 21.2 Å². The van der Waals surface area contributed by atoms with Crippen LogP contribution in [0.15, 0.2) is 53.4 Å². The van der Waals surface area contributed by atoms with E-state index in [0.29, 0.717) is 19.5 Å². The lowest BCUT2D eigenvalue weighted by molar-refractivity contribution is -0.121. The molecule has 1 unspecified atom stereocenters. The number of hydrogen-bond acceptors (Lipinski definition) is 3. The van der Waals surface area contributed by atoms with Crippen LogP contribution < -0.4 is 5.32 Å². The van der Waals surface area contributed by atoms with Crippen LogP contribution in [0.2, 0.25) is 0 Å². The molecule has 1 amide bonds. The zero-order valence-electron chi connectivity index (χ0n) is 17.8. The Morgan fingerprint density at radius 3 is 2.14 bits per heavy atom. The molecule has 0 saturated carbocycles. The molecule has 0 saturated heterocycles. The van der Waals surface area contributed by atoms with Crippen LogP contribution in [-0.4, -0.2) is 31.7 Å². The third-order valence-electron chi connectivity index (χ3n) is 5.09. The number of rotatable bonds is 10. The summed E-state index contributed by atoms with van der Waals surface area (Å²) in [5.74, 6) is 0.00412. The molecule has 2 aromatic rings. The number of carbonyl (C=O) groups excluding carboxylic acids is 1. The minimum atomic E-state index is -3.46. The summed E-state index contributed by atoms with van der Waals surface area (Å²) in [4.78, 5) is 12.5. The number of benzene rings is 2. The van der Waals surface area contributed by atoms with E-state index in [1.54, 1.807) is 24.3 Å². The molecule has 0 heterocycles. The second-order valence-electron chi connectivity index (χ2n) is 7.29. The molecule has 2 aromatic carbocycles. The fourth-order valence-corrected chi connectivity index (χ4v) is 4.70. The molecule has 0 bridgehead atoms. The van der Waals surface area contributed by atoms with Crippen LogP contribution in [0.1, 0.15) is 56.3 Å². The predicted molar refractivity (Wildman–Crippen MR) is 117 cm³/mol. The molecular weight excluding hydrogens is 384 g/mol. The summed E-state index contributed by atoms with van der Waals surface area (Å²) in [6.45, 7) is 8.50. The first-order valence-corrected chi connectivity index (χ1v) is 11.7. The maximum Gasteiger partial charge on any atom is 0.243 e. The van der Waals surface area contributed by atoms with Gasteiger partial charge < -0.3 is 5.32 Å². The molecule has 1 atom stereocenters. The monoisotopic (exact) mass is 416 g/mol. The highest BCUT2D eigenvalue weighted by Gasteiger charge is 2.21. The van der Waals surface area contributed by atoms with Gasteiger partial charge in [-0.25, -0.2) is 8.42 Å². The van der Waals surface area contributed by atoms with Gasteiger partial charge in [0.05, 0.1) is 10.9 Å². The number of nitrogens with one attached hydrogen (secondary N) is 1. The van der Waals surface area contributed by atoms with E-state index in [-0.39, 0.29) is 16.8 Å². The second kappa shape index (κ2) is 10.6. The smallest absolute Gasteiger partial charge is 0.243 e. The van der Waals surface area contributed by atoms with Crippen molar-refractivity contribution in [3.05, 3.63) is 65.2 Å². The maximum absolute atomic E-state index is 12.6. The van der Waals surface area contributed by atoms with Gasteiger partial charge in [-0.3, -0.25) is 4.79 Å². The van der Waals surface area contributed by atoms with E-state index in [1.807, 2.05) is 20.8 Å². The van der Waals surface area contributed by atoms with Gasteiger partial charge in [0.15, 0.2) is 0 Å². The molecule has 0 aliphatic rings. The molecule has 29 heavy (non-hydrogen) atoms. The molecule has 5 nitrogen and oxygen atoms in total. The van der Waals surface area contributed by atoms with Crippen molar-refractivity contribution in [3.8, 4) is 0 Å². The van der Waals surface area contributed by atoms with Gasteiger partial charge in [0.1, 0.15) is 0 Å². The van der Waals surface area contributed by atoms with E-state index >= 15 is 0 Å². The fraction of sp³-hybridized carbons (Fsp3) is 0.435. The fourth-order valence-electron chi connectivity index (χ4n) is 3.25. The van der Waals surface area contributed by atoms with E-state index in [1.165, 1.54) is 15.4 Å². The first-order chi connectivity index (χ1) is 13.8. The Balaban J connectivity index is 1.89. The van der Waals surface area contributed by atoms with E-state index in [9.17, 15) is 13.2 Å². The van der Waals surface area contributed by atoms with Crippen LogP contribution in [0, 0.1) is 6.92 Å². The summed E-state index contributed by atoms with van der Waals surface area (Å²) in [6.07, 6.45) is 2.13. The number of carbonyl (C=O) groups is 1. The van der Waals surface area contributed by atoms with Gasteiger partial charge in [0.2, 0.25) is 15.9 Å². The summed E-state index contributed by atoms with van der Waals surface area (Å²) in [7, 11) is -3.46. The third kappa shape index (κ3) is 6.41. The van der Waals surface area contributed by atoms with E-state index in [4.69, 9.17) is 0 Å². The summed E-state index contributed by atoms with van der Waals surface area (Å²) in [5.41, 5.74) is 3.35. The Kier molecular flexibility index (Phi) is 8.41. The van der Waals surface area contributed by atoms with Crippen LogP contribution in [0.5, 0.6) is 0 Å². The first-order valence-electron chi connectivity index (χ1n) is 10.2. The molecule has 1 N–H and O–H groups in total. The molecule has 0 aliphatic carbocycles. The number of hydrogen-bond donors (Lipinski definition) is 1. The van der Waals surface area contributed by atoms with Crippen molar-refractivity contribution in [1.82, 2.24) is 9.62 Å². The van der Waals surface area contributed by atoms with Crippen molar-refractivity contribution in [1.29, 1.82) is 0 Å². The molecule has 0 aromatic heterocycles. The number of sulfonamides is 1. The highest BCUT2D eigenvalue weighted by molar-refractivity contribution is 7.89. The van der Waals surface area contributed by atoms with Crippen LogP contribution >= 0.6 is 0 Å². The third-order valence-corrected chi connectivity index (χ3v) is 7.15. The predicted octanol–water partition coefficient (Wildman–Crippen LogP) is 4.23. The van der Waals surface area contributed by atoms with Crippen molar-refractivity contribution in [2.75, 3.05) is 13.1 Å². The first kappa shape index (κ1) is 23.1.